The van der Waals surface area contributed by atoms with Crippen molar-refractivity contribution in [1.29, 1.82) is 0 Å². The molecular formula is C16H21N5O3. The Labute approximate surface area is 138 Å². The van der Waals surface area contributed by atoms with Crippen LogP contribution in [-0.2, 0) is 18.9 Å². The maximum absolute atomic E-state index is 12.7. The molecule has 2 N–H and O–H groups in total. The second kappa shape index (κ2) is 5.77. The molecule has 1 saturated heterocycles. The highest BCUT2D eigenvalue weighted by molar-refractivity contribution is 5.90. The molecule has 24 heavy (non-hydrogen) atoms. The van der Waals surface area contributed by atoms with Gasteiger partial charge in [0, 0.05) is 39.3 Å². The average Bonchev–Trinajstić information content (AvgIpc) is 2.57. The predicted octanol–water partition coefficient (Wildman–Crippen LogP) is -0.358. The van der Waals surface area contributed by atoms with Gasteiger partial charge in [-0.15, -0.1) is 0 Å². The van der Waals surface area contributed by atoms with Crippen LogP contribution < -0.4 is 21.9 Å². The van der Waals surface area contributed by atoms with Crippen LogP contribution in [0.3, 0.4) is 0 Å². The number of carbonyl (C=O) groups excluding carboxylic acids is 1. The van der Waals surface area contributed by atoms with E-state index in [1.165, 1.54) is 11.6 Å². The number of carbonyl (C=O) groups is 1. The van der Waals surface area contributed by atoms with E-state index in [2.05, 4.69) is 9.88 Å². The summed E-state index contributed by atoms with van der Waals surface area (Å²) >= 11 is 0. The molecule has 2 aromatic heterocycles. The summed E-state index contributed by atoms with van der Waals surface area (Å²) in [5, 5.41) is 0.442. The number of primary amides is 1. The lowest BCUT2D eigenvalue weighted by Gasteiger charge is -2.33. The highest BCUT2D eigenvalue weighted by Crippen LogP contribution is 2.30. The third-order valence-electron chi connectivity index (χ3n) is 4.84. The number of pyridine rings is 1. The fourth-order valence-electron chi connectivity index (χ4n) is 3.40. The Bertz CT molecular complexity index is 935. The van der Waals surface area contributed by atoms with Crippen LogP contribution in [0, 0.1) is 12.8 Å². The minimum atomic E-state index is -0.401. The van der Waals surface area contributed by atoms with E-state index >= 15 is 0 Å². The van der Waals surface area contributed by atoms with Gasteiger partial charge >= 0.3 is 5.69 Å². The third-order valence-corrected chi connectivity index (χ3v) is 4.84. The van der Waals surface area contributed by atoms with E-state index in [4.69, 9.17) is 5.73 Å². The smallest absolute Gasteiger partial charge is 0.332 e. The molecule has 3 rings (SSSR count). The van der Waals surface area contributed by atoms with Crippen LogP contribution >= 0.6 is 0 Å². The van der Waals surface area contributed by atoms with Crippen molar-refractivity contribution in [3.8, 4) is 0 Å². The molecule has 128 valence electrons. The van der Waals surface area contributed by atoms with E-state index in [9.17, 15) is 14.4 Å². The van der Waals surface area contributed by atoms with Crippen LogP contribution in [0.4, 0.5) is 5.69 Å². The van der Waals surface area contributed by atoms with E-state index in [0.29, 0.717) is 37.0 Å². The van der Waals surface area contributed by atoms with E-state index in [0.717, 1.165) is 15.8 Å². The summed E-state index contributed by atoms with van der Waals surface area (Å²) in [7, 11) is 3.07. The molecule has 0 spiro atoms. The maximum Gasteiger partial charge on any atom is 0.332 e. The standard InChI is InChI=1S/C16H21N5O3/c1-9-8-18-14-11(15(23)20(3)16(24)19(14)2)12(9)21-6-4-10(5-7-21)13(17)22/h8,10H,4-7H2,1-3H3,(H2,17,22). The zero-order valence-corrected chi connectivity index (χ0v) is 14.1. The monoisotopic (exact) mass is 331 g/mol. The summed E-state index contributed by atoms with van der Waals surface area (Å²) in [5.74, 6) is -0.397. The molecule has 1 amide bonds. The van der Waals surface area contributed by atoms with Crippen LogP contribution in [0.1, 0.15) is 18.4 Å². The number of rotatable bonds is 2. The Kier molecular flexibility index (Phi) is 3.90. The van der Waals surface area contributed by atoms with Gasteiger partial charge in [-0.25, -0.2) is 9.78 Å². The van der Waals surface area contributed by atoms with Crippen LogP contribution in [0.15, 0.2) is 15.8 Å². The van der Waals surface area contributed by atoms with Crippen LogP contribution in [-0.4, -0.2) is 33.1 Å². The van der Waals surface area contributed by atoms with Gasteiger partial charge in [-0.3, -0.25) is 18.7 Å². The van der Waals surface area contributed by atoms with Crippen LogP contribution in [0.5, 0.6) is 0 Å². The molecule has 0 saturated carbocycles. The number of aryl methyl sites for hydroxylation is 2. The Morgan fingerprint density at radius 1 is 1.21 bits per heavy atom. The van der Waals surface area contributed by atoms with Gasteiger partial charge in [-0.05, 0) is 25.3 Å². The highest BCUT2D eigenvalue weighted by Gasteiger charge is 2.26. The summed E-state index contributed by atoms with van der Waals surface area (Å²) in [5.41, 5.74) is 6.68. The molecule has 1 fully saturated rings. The highest BCUT2D eigenvalue weighted by atomic mass is 16.2. The minimum absolute atomic E-state index is 0.123. The van der Waals surface area contributed by atoms with Crippen molar-refractivity contribution in [2.45, 2.75) is 19.8 Å². The van der Waals surface area contributed by atoms with E-state index in [1.54, 1.807) is 13.2 Å². The lowest BCUT2D eigenvalue weighted by atomic mass is 9.95. The fraction of sp³-hybridized carbons (Fsp3) is 0.500. The largest absolute Gasteiger partial charge is 0.370 e. The number of anilines is 1. The van der Waals surface area contributed by atoms with Gasteiger partial charge in [0.2, 0.25) is 5.91 Å². The van der Waals surface area contributed by atoms with Gasteiger partial charge in [-0.2, -0.15) is 0 Å². The van der Waals surface area contributed by atoms with Crippen molar-refractivity contribution in [3.05, 3.63) is 32.6 Å². The van der Waals surface area contributed by atoms with Gasteiger partial charge in [-0.1, -0.05) is 0 Å². The van der Waals surface area contributed by atoms with Gasteiger partial charge in [0.05, 0.1) is 5.69 Å². The fourth-order valence-corrected chi connectivity index (χ4v) is 3.40. The molecule has 1 aliphatic rings. The first-order valence-corrected chi connectivity index (χ1v) is 7.92. The number of nitrogens with two attached hydrogens (primary N) is 1. The zero-order chi connectivity index (χ0) is 17.6. The number of fused-ring (bicyclic) bond motifs is 1. The van der Waals surface area contributed by atoms with Crippen molar-refractivity contribution in [2.24, 2.45) is 25.7 Å². The first kappa shape index (κ1) is 16.2. The summed E-state index contributed by atoms with van der Waals surface area (Å²) in [6.07, 6.45) is 2.99. The van der Waals surface area contributed by atoms with Crippen LogP contribution in [0.25, 0.3) is 11.0 Å². The van der Waals surface area contributed by atoms with Crippen molar-refractivity contribution in [2.75, 3.05) is 18.0 Å². The molecule has 8 heteroatoms. The van der Waals surface area contributed by atoms with E-state index in [1.807, 2.05) is 6.92 Å². The summed E-state index contributed by atoms with van der Waals surface area (Å²) in [4.78, 5) is 42.6. The quantitative estimate of drug-likeness (QED) is 0.809. The Balaban J connectivity index is 2.19. The first-order valence-electron chi connectivity index (χ1n) is 7.92. The number of aromatic nitrogens is 3. The number of amides is 1. The molecule has 0 aromatic carbocycles. The summed E-state index contributed by atoms with van der Waals surface area (Å²) in [6.45, 7) is 3.17. The topological polar surface area (TPSA) is 103 Å². The maximum atomic E-state index is 12.7. The van der Waals surface area contributed by atoms with Gasteiger partial charge in [0.15, 0.2) is 5.65 Å². The van der Waals surface area contributed by atoms with Crippen molar-refractivity contribution >= 4 is 22.6 Å². The second-order valence-electron chi connectivity index (χ2n) is 6.36. The molecule has 1 aliphatic heterocycles. The number of nitrogens with zero attached hydrogens (tertiary/aromatic N) is 4. The van der Waals surface area contributed by atoms with Crippen molar-refractivity contribution in [1.82, 2.24) is 14.1 Å². The molecule has 0 atom stereocenters. The third kappa shape index (κ3) is 2.38. The number of hydrogen-bond acceptors (Lipinski definition) is 5. The van der Waals surface area contributed by atoms with Crippen LogP contribution in [0.2, 0.25) is 0 Å². The van der Waals surface area contributed by atoms with E-state index in [-0.39, 0.29) is 17.4 Å². The Hall–Kier alpha value is -2.64. The first-order chi connectivity index (χ1) is 11.3. The molecule has 3 heterocycles. The van der Waals surface area contributed by atoms with Crippen molar-refractivity contribution in [3.63, 3.8) is 0 Å². The number of hydrogen-bond donors (Lipinski definition) is 1. The molecule has 0 aliphatic carbocycles. The molecule has 2 aromatic rings. The predicted molar refractivity (Wildman–Crippen MR) is 91.1 cm³/mol. The normalized spacial score (nSPS) is 15.9. The number of piperidine rings is 1. The lowest BCUT2D eigenvalue weighted by molar-refractivity contribution is -0.122. The average molecular weight is 331 g/mol. The summed E-state index contributed by atoms with van der Waals surface area (Å²) < 4.78 is 2.49. The Morgan fingerprint density at radius 3 is 2.42 bits per heavy atom. The SMILES string of the molecule is Cc1cnc2c(c1N1CCC(C(N)=O)CC1)c(=O)n(C)c(=O)n2C. The molecular weight excluding hydrogens is 310 g/mol. The van der Waals surface area contributed by atoms with Gasteiger partial charge in [0.1, 0.15) is 5.39 Å². The minimum Gasteiger partial charge on any atom is -0.370 e. The van der Waals surface area contributed by atoms with E-state index < -0.39 is 5.69 Å². The zero-order valence-electron chi connectivity index (χ0n) is 14.1. The summed E-state index contributed by atoms with van der Waals surface area (Å²) in [6, 6.07) is 0. The molecule has 0 radical (unpaired) electrons. The molecule has 8 nitrogen and oxygen atoms in total. The lowest BCUT2D eigenvalue weighted by Crippen LogP contribution is -2.41. The van der Waals surface area contributed by atoms with Crippen molar-refractivity contribution < 1.29 is 4.79 Å². The second-order valence-corrected chi connectivity index (χ2v) is 6.36. The Morgan fingerprint density at radius 2 is 1.83 bits per heavy atom. The van der Waals surface area contributed by atoms with Gasteiger partial charge in [0.25, 0.3) is 5.56 Å². The van der Waals surface area contributed by atoms with Gasteiger partial charge < -0.3 is 10.6 Å². The molecule has 0 bridgehead atoms. The molecule has 0 unspecified atom stereocenters.